The molecule has 1 heterocycles. The number of carbonyl (C=O) groups excluding carboxylic acids is 1. The zero-order chi connectivity index (χ0) is 18.5. The van der Waals surface area contributed by atoms with Crippen LogP contribution in [0.1, 0.15) is 61.0 Å². The number of rotatable bonds is 5. The molecule has 1 amide bonds. The molecular weight excluding hydrogens is 312 g/mol. The van der Waals surface area contributed by atoms with Gasteiger partial charge in [0, 0.05) is 19.6 Å². The highest BCUT2D eigenvalue weighted by Crippen LogP contribution is 2.52. The Bertz CT molecular complexity index is 654. The number of nitrogens with zero attached hydrogens (tertiary/aromatic N) is 2. The fraction of sp³-hybridized carbons (Fsp3) is 0.667. The van der Waals surface area contributed by atoms with E-state index in [2.05, 4.69) is 52.8 Å². The molecule has 1 unspecified atom stereocenters. The number of phenolic OH excluding ortho intramolecular Hbond substituents is 1. The van der Waals surface area contributed by atoms with Crippen LogP contribution >= 0.6 is 0 Å². The van der Waals surface area contributed by atoms with Crippen molar-refractivity contribution >= 4 is 5.91 Å². The van der Waals surface area contributed by atoms with Crippen molar-refractivity contribution in [1.82, 2.24) is 9.80 Å². The van der Waals surface area contributed by atoms with E-state index >= 15 is 0 Å². The number of phenols is 1. The standard InChI is InChI=1S/C21H32N2O2/c1-12(2)14-7-15(13(3)4)20(24)16(8-14)21(25)23-10-18-17(9-22(5)6)19(18)11-23/h7-8,12-13,17-19,24H,9-11H2,1-6H3/t17?,18-,19+. The van der Waals surface area contributed by atoms with E-state index < -0.39 is 0 Å². The average Bonchev–Trinajstić information content (AvgIpc) is 2.95. The number of carbonyl (C=O) groups is 1. The Morgan fingerprint density at radius 3 is 2.24 bits per heavy atom. The Balaban J connectivity index is 1.79. The van der Waals surface area contributed by atoms with Crippen LogP contribution in [-0.2, 0) is 0 Å². The smallest absolute Gasteiger partial charge is 0.257 e. The Morgan fingerprint density at radius 1 is 1.16 bits per heavy atom. The van der Waals surface area contributed by atoms with Gasteiger partial charge >= 0.3 is 0 Å². The predicted octanol–water partition coefficient (Wildman–Crippen LogP) is 3.52. The van der Waals surface area contributed by atoms with Crippen LogP contribution < -0.4 is 0 Å². The van der Waals surface area contributed by atoms with Gasteiger partial charge in [-0.15, -0.1) is 0 Å². The zero-order valence-electron chi connectivity index (χ0n) is 16.4. The molecule has 2 fully saturated rings. The number of amides is 1. The first kappa shape index (κ1) is 18.2. The van der Waals surface area contributed by atoms with E-state index in [1.807, 2.05) is 11.0 Å². The second-order valence-electron chi connectivity index (χ2n) is 8.78. The second kappa shape index (κ2) is 6.64. The number of hydrogen-bond acceptors (Lipinski definition) is 3. The number of likely N-dealkylation sites (tertiary alicyclic amines) is 1. The highest BCUT2D eigenvalue weighted by molar-refractivity contribution is 5.98. The van der Waals surface area contributed by atoms with Gasteiger partial charge < -0.3 is 14.9 Å². The second-order valence-corrected chi connectivity index (χ2v) is 8.78. The van der Waals surface area contributed by atoms with Gasteiger partial charge in [-0.05, 0) is 60.9 Å². The largest absolute Gasteiger partial charge is 0.507 e. The SMILES string of the molecule is CC(C)c1cc(C(=O)N2C[C@@H]3C(CN(C)C)[C@@H]3C2)c(O)c(C(C)C)c1. The molecule has 1 aromatic carbocycles. The number of aromatic hydroxyl groups is 1. The third kappa shape index (κ3) is 3.41. The summed E-state index contributed by atoms with van der Waals surface area (Å²) in [5.41, 5.74) is 2.49. The fourth-order valence-corrected chi connectivity index (χ4v) is 4.29. The maximum absolute atomic E-state index is 13.1. The molecule has 0 bridgehead atoms. The summed E-state index contributed by atoms with van der Waals surface area (Å²) in [5, 5.41) is 10.7. The van der Waals surface area contributed by atoms with Crippen LogP contribution in [-0.4, -0.2) is 54.5 Å². The van der Waals surface area contributed by atoms with Gasteiger partial charge in [-0.1, -0.05) is 33.8 Å². The molecule has 138 valence electrons. The molecule has 1 aliphatic carbocycles. The van der Waals surface area contributed by atoms with Crippen molar-refractivity contribution in [2.75, 3.05) is 33.7 Å². The lowest BCUT2D eigenvalue weighted by Gasteiger charge is -2.23. The first-order valence-corrected chi connectivity index (χ1v) is 9.51. The van der Waals surface area contributed by atoms with Gasteiger partial charge in [0.1, 0.15) is 5.75 Å². The zero-order valence-corrected chi connectivity index (χ0v) is 16.4. The van der Waals surface area contributed by atoms with Gasteiger partial charge in [-0.2, -0.15) is 0 Å². The summed E-state index contributed by atoms with van der Waals surface area (Å²) in [7, 11) is 4.22. The maximum atomic E-state index is 13.1. The first-order valence-electron chi connectivity index (χ1n) is 9.51. The van der Waals surface area contributed by atoms with Crippen LogP contribution in [0.15, 0.2) is 12.1 Å². The summed E-state index contributed by atoms with van der Waals surface area (Å²) in [4.78, 5) is 17.3. The lowest BCUT2D eigenvalue weighted by atomic mass is 9.91. The minimum absolute atomic E-state index is 0.00213. The summed E-state index contributed by atoms with van der Waals surface area (Å²) >= 11 is 0. The quantitative estimate of drug-likeness (QED) is 0.889. The van der Waals surface area contributed by atoms with Crippen molar-refractivity contribution in [2.24, 2.45) is 17.8 Å². The van der Waals surface area contributed by atoms with E-state index in [1.165, 1.54) is 0 Å². The number of piperidine rings is 1. The Labute approximate surface area is 151 Å². The Morgan fingerprint density at radius 2 is 1.76 bits per heavy atom. The summed E-state index contributed by atoms with van der Waals surface area (Å²) in [5.74, 6) is 2.73. The van der Waals surface area contributed by atoms with E-state index in [1.54, 1.807) is 0 Å². The Kier molecular flexibility index (Phi) is 4.84. The van der Waals surface area contributed by atoms with E-state index in [0.29, 0.717) is 23.3 Å². The summed E-state index contributed by atoms with van der Waals surface area (Å²) in [6, 6.07) is 3.95. The van der Waals surface area contributed by atoms with Crippen LogP contribution in [0.2, 0.25) is 0 Å². The third-order valence-corrected chi connectivity index (χ3v) is 5.92. The minimum Gasteiger partial charge on any atom is -0.507 e. The van der Waals surface area contributed by atoms with Gasteiger partial charge in [-0.3, -0.25) is 4.79 Å². The van der Waals surface area contributed by atoms with Gasteiger partial charge in [0.2, 0.25) is 0 Å². The van der Waals surface area contributed by atoms with Gasteiger partial charge in [-0.25, -0.2) is 0 Å². The minimum atomic E-state index is -0.00213. The first-order chi connectivity index (χ1) is 11.7. The molecule has 0 radical (unpaired) electrons. The molecule has 4 nitrogen and oxygen atoms in total. The molecule has 4 heteroatoms. The maximum Gasteiger partial charge on any atom is 0.257 e. The molecule has 25 heavy (non-hydrogen) atoms. The van der Waals surface area contributed by atoms with E-state index in [9.17, 15) is 9.90 Å². The fourth-order valence-electron chi connectivity index (χ4n) is 4.29. The van der Waals surface area contributed by atoms with Crippen molar-refractivity contribution in [1.29, 1.82) is 0 Å². The van der Waals surface area contributed by atoms with Crippen LogP contribution in [0.25, 0.3) is 0 Å². The molecule has 1 N–H and O–H groups in total. The van der Waals surface area contributed by atoms with Crippen molar-refractivity contribution in [3.8, 4) is 5.75 Å². The van der Waals surface area contributed by atoms with E-state index in [-0.39, 0.29) is 17.6 Å². The topological polar surface area (TPSA) is 43.8 Å². The van der Waals surface area contributed by atoms with Crippen LogP contribution in [0.3, 0.4) is 0 Å². The van der Waals surface area contributed by atoms with Gasteiger partial charge in [0.25, 0.3) is 5.91 Å². The van der Waals surface area contributed by atoms with Crippen molar-refractivity contribution < 1.29 is 9.90 Å². The average molecular weight is 344 g/mol. The third-order valence-electron chi connectivity index (χ3n) is 5.92. The van der Waals surface area contributed by atoms with Crippen molar-refractivity contribution in [3.63, 3.8) is 0 Å². The lowest BCUT2D eigenvalue weighted by Crippen LogP contribution is -2.33. The van der Waals surface area contributed by atoms with Crippen molar-refractivity contribution in [2.45, 2.75) is 39.5 Å². The molecule has 3 atom stereocenters. The summed E-state index contributed by atoms with van der Waals surface area (Å²) in [6.07, 6.45) is 0. The normalized spacial score (nSPS) is 25.2. The molecule has 2 aliphatic rings. The highest BCUT2D eigenvalue weighted by atomic mass is 16.3. The molecule has 0 aromatic heterocycles. The van der Waals surface area contributed by atoms with Crippen LogP contribution in [0.4, 0.5) is 0 Å². The van der Waals surface area contributed by atoms with Crippen molar-refractivity contribution in [3.05, 3.63) is 28.8 Å². The Hall–Kier alpha value is -1.55. The van der Waals surface area contributed by atoms with Crippen LogP contribution in [0.5, 0.6) is 5.75 Å². The molecular formula is C21H32N2O2. The molecule has 3 rings (SSSR count). The summed E-state index contributed by atoms with van der Waals surface area (Å²) < 4.78 is 0. The van der Waals surface area contributed by atoms with Gasteiger partial charge in [0.15, 0.2) is 0 Å². The number of benzene rings is 1. The number of fused-ring (bicyclic) bond motifs is 1. The summed E-state index contributed by atoms with van der Waals surface area (Å²) in [6.45, 7) is 11.2. The van der Waals surface area contributed by atoms with Gasteiger partial charge in [0.05, 0.1) is 5.56 Å². The lowest BCUT2D eigenvalue weighted by molar-refractivity contribution is 0.0762. The monoisotopic (exact) mass is 344 g/mol. The number of hydrogen-bond donors (Lipinski definition) is 1. The molecule has 1 aliphatic heterocycles. The molecule has 1 saturated heterocycles. The molecule has 1 saturated carbocycles. The van der Waals surface area contributed by atoms with E-state index in [4.69, 9.17) is 0 Å². The molecule has 1 aromatic rings. The molecule has 0 spiro atoms. The predicted molar refractivity (Wildman–Crippen MR) is 101 cm³/mol. The highest BCUT2D eigenvalue weighted by Gasteiger charge is 2.56. The van der Waals surface area contributed by atoms with E-state index in [0.717, 1.165) is 36.7 Å². The van der Waals surface area contributed by atoms with Crippen LogP contribution in [0, 0.1) is 17.8 Å².